The maximum atomic E-state index is 12.3. The Labute approximate surface area is 187 Å². The molecule has 0 spiro atoms. The molecular weight excluding hydrogens is 436 g/mol. The number of carbonyl (C=O) groups is 1. The molecular formula is C23H26O8S. The van der Waals surface area contributed by atoms with Crippen LogP contribution in [0, 0.1) is 5.41 Å². The zero-order valence-corrected chi connectivity index (χ0v) is 19.1. The summed E-state index contributed by atoms with van der Waals surface area (Å²) in [4.78, 5) is 12.3. The fourth-order valence-corrected chi connectivity index (χ4v) is 4.52. The smallest absolute Gasteiger partial charge is 0.264 e. The van der Waals surface area contributed by atoms with E-state index in [1.807, 2.05) is 24.3 Å². The van der Waals surface area contributed by atoms with Gasteiger partial charge in [0.05, 0.1) is 45.7 Å². The molecule has 4 rings (SSSR count). The highest BCUT2D eigenvalue weighted by molar-refractivity contribution is 7.85. The van der Waals surface area contributed by atoms with Crippen LogP contribution >= 0.6 is 0 Å². The van der Waals surface area contributed by atoms with Gasteiger partial charge in [0.15, 0.2) is 17.3 Å². The van der Waals surface area contributed by atoms with E-state index in [4.69, 9.17) is 23.1 Å². The van der Waals surface area contributed by atoms with Crippen molar-refractivity contribution in [2.75, 3.05) is 46.9 Å². The zero-order chi connectivity index (χ0) is 22.9. The van der Waals surface area contributed by atoms with Crippen molar-refractivity contribution < 1.29 is 36.3 Å². The first-order chi connectivity index (χ1) is 15.3. The second kappa shape index (κ2) is 8.73. The number of hydrogen-bond acceptors (Lipinski definition) is 8. The number of rotatable bonds is 9. The summed E-state index contributed by atoms with van der Waals surface area (Å²) in [6, 6.07) is 9.34. The topological polar surface area (TPSA) is 97.4 Å². The van der Waals surface area contributed by atoms with Crippen LogP contribution in [-0.4, -0.2) is 61.1 Å². The number of carbonyl (C=O) groups excluding carboxylic acids is 1. The number of Topliss-reactive ketones (excluding diaryl/α,β-unsaturated/α-hetero) is 1. The number of methoxy groups -OCH3 is 2. The van der Waals surface area contributed by atoms with Crippen LogP contribution < -0.4 is 14.2 Å². The molecule has 0 radical (unpaired) electrons. The fourth-order valence-electron chi connectivity index (χ4n) is 4.05. The van der Waals surface area contributed by atoms with Gasteiger partial charge in [-0.2, -0.15) is 8.42 Å². The predicted molar refractivity (Wildman–Crippen MR) is 117 cm³/mol. The average Bonchev–Trinajstić information content (AvgIpc) is 3.12. The number of ether oxygens (including phenoxy) is 4. The van der Waals surface area contributed by atoms with Gasteiger partial charge in [-0.25, -0.2) is 0 Å². The molecule has 0 bridgehead atoms. The van der Waals surface area contributed by atoms with Crippen LogP contribution in [0.15, 0.2) is 30.3 Å². The van der Waals surface area contributed by atoms with Crippen molar-refractivity contribution >= 4 is 15.9 Å². The third-order valence-corrected chi connectivity index (χ3v) is 6.33. The standard InChI is InChI=1S/C23H26O8S/c1-27-20-10-8-18(15-5-4-6-17-16(15)7-9-19(17)24)21(22(20)28-2)30-13-23(11-29-12-23)14-31-32(3,25)26/h4-6,8,10H,7,9,11-14H2,1-3H3. The molecule has 2 aromatic carbocycles. The lowest BCUT2D eigenvalue weighted by atomic mass is 9.88. The van der Waals surface area contributed by atoms with Crippen LogP contribution in [0.3, 0.4) is 0 Å². The van der Waals surface area contributed by atoms with Crippen LogP contribution in [0.5, 0.6) is 17.2 Å². The summed E-state index contributed by atoms with van der Waals surface area (Å²) in [6.07, 6.45) is 2.17. The third-order valence-electron chi connectivity index (χ3n) is 5.79. The Morgan fingerprint density at radius 3 is 2.31 bits per heavy atom. The highest BCUT2D eigenvalue weighted by Crippen LogP contribution is 2.47. The predicted octanol–water partition coefficient (Wildman–Crippen LogP) is 2.87. The molecule has 0 unspecified atom stereocenters. The van der Waals surface area contributed by atoms with E-state index >= 15 is 0 Å². The molecule has 1 aliphatic carbocycles. The summed E-state index contributed by atoms with van der Waals surface area (Å²) in [5.41, 5.74) is 2.79. The summed E-state index contributed by atoms with van der Waals surface area (Å²) in [5, 5.41) is 0. The number of fused-ring (bicyclic) bond motifs is 1. The van der Waals surface area contributed by atoms with E-state index in [9.17, 15) is 13.2 Å². The minimum Gasteiger partial charge on any atom is -0.493 e. The van der Waals surface area contributed by atoms with Crippen LogP contribution in [0.25, 0.3) is 11.1 Å². The Kier molecular flexibility index (Phi) is 6.15. The summed E-state index contributed by atoms with van der Waals surface area (Å²) >= 11 is 0. The van der Waals surface area contributed by atoms with E-state index in [1.54, 1.807) is 13.2 Å². The quantitative estimate of drug-likeness (QED) is 0.525. The SMILES string of the molecule is COc1ccc(-c2cccc3c2CCC3=O)c(OCC2(COS(C)(=O)=O)COC2)c1OC. The van der Waals surface area contributed by atoms with E-state index < -0.39 is 15.5 Å². The first kappa shape index (κ1) is 22.6. The molecule has 172 valence electrons. The molecule has 2 aliphatic rings. The summed E-state index contributed by atoms with van der Waals surface area (Å²) < 4.78 is 50.7. The van der Waals surface area contributed by atoms with Crippen LogP contribution in [0.1, 0.15) is 22.3 Å². The molecule has 1 fully saturated rings. The fraction of sp³-hybridized carbons (Fsp3) is 0.435. The molecule has 9 heteroatoms. The van der Waals surface area contributed by atoms with Crippen molar-refractivity contribution in [2.24, 2.45) is 5.41 Å². The van der Waals surface area contributed by atoms with Gasteiger partial charge in [0.2, 0.25) is 5.75 Å². The van der Waals surface area contributed by atoms with Gasteiger partial charge in [0.25, 0.3) is 10.1 Å². The molecule has 0 atom stereocenters. The first-order valence-corrected chi connectivity index (χ1v) is 12.0. The minimum absolute atomic E-state index is 0.0390. The number of hydrogen-bond donors (Lipinski definition) is 0. The van der Waals surface area contributed by atoms with Gasteiger partial charge in [-0.05, 0) is 29.7 Å². The first-order valence-electron chi connectivity index (χ1n) is 10.2. The van der Waals surface area contributed by atoms with Crippen LogP contribution in [-0.2, 0) is 25.5 Å². The Balaban J connectivity index is 1.72. The molecule has 2 aromatic rings. The van der Waals surface area contributed by atoms with Gasteiger partial charge in [-0.3, -0.25) is 8.98 Å². The van der Waals surface area contributed by atoms with Gasteiger partial charge in [0.1, 0.15) is 6.61 Å². The monoisotopic (exact) mass is 462 g/mol. The lowest BCUT2D eigenvalue weighted by Crippen LogP contribution is -2.50. The Morgan fingerprint density at radius 1 is 0.938 bits per heavy atom. The molecule has 1 heterocycles. The minimum atomic E-state index is -3.59. The second-order valence-corrected chi connectivity index (χ2v) is 9.82. The van der Waals surface area contributed by atoms with Gasteiger partial charge in [-0.15, -0.1) is 0 Å². The summed E-state index contributed by atoms with van der Waals surface area (Å²) in [7, 11) is -0.518. The van der Waals surface area contributed by atoms with Gasteiger partial charge >= 0.3 is 0 Å². The molecule has 32 heavy (non-hydrogen) atoms. The van der Waals surface area contributed by atoms with Crippen molar-refractivity contribution in [1.29, 1.82) is 0 Å². The van der Waals surface area contributed by atoms with Crippen molar-refractivity contribution in [3.8, 4) is 28.4 Å². The van der Waals surface area contributed by atoms with Crippen molar-refractivity contribution in [3.63, 3.8) is 0 Å². The lowest BCUT2D eigenvalue weighted by Gasteiger charge is -2.40. The van der Waals surface area contributed by atoms with Crippen LogP contribution in [0.2, 0.25) is 0 Å². The summed E-state index contributed by atoms with van der Waals surface area (Å²) in [6.45, 7) is 0.758. The van der Waals surface area contributed by atoms with Gasteiger partial charge < -0.3 is 18.9 Å². The highest BCUT2D eigenvalue weighted by atomic mass is 32.2. The molecule has 8 nitrogen and oxygen atoms in total. The molecule has 0 aromatic heterocycles. The van der Waals surface area contributed by atoms with E-state index in [1.165, 1.54) is 7.11 Å². The maximum absolute atomic E-state index is 12.3. The number of benzene rings is 2. The van der Waals surface area contributed by atoms with E-state index in [-0.39, 0.29) is 19.0 Å². The van der Waals surface area contributed by atoms with E-state index in [2.05, 4.69) is 0 Å². The van der Waals surface area contributed by atoms with Crippen molar-refractivity contribution in [3.05, 3.63) is 41.5 Å². The zero-order valence-electron chi connectivity index (χ0n) is 18.3. The molecule has 0 saturated carbocycles. The molecule has 1 aliphatic heterocycles. The number of ketones is 1. The maximum Gasteiger partial charge on any atom is 0.264 e. The molecule has 1 saturated heterocycles. The van der Waals surface area contributed by atoms with E-state index in [0.29, 0.717) is 43.3 Å². The average molecular weight is 463 g/mol. The van der Waals surface area contributed by atoms with Gasteiger partial charge in [-0.1, -0.05) is 18.2 Å². The second-order valence-electron chi connectivity index (χ2n) is 8.18. The van der Waals surface area contributed by atoms with E-state index in [0.717, 1.165) is 28.5 Å². The highest BCUT2D eigenvalue weighted by Gasteiger charge is 2.42. The molecule has 0 amide bonds. The largest absolute Gasteiger partial charge is 0.493 e. The van der Waals surface area contributed by atoms with Gasteiger partial charge in [0, 0.05) is 17.5 Å². The lowest BCUT2D eigenvalue weighted by molar-refractivity contribution is -0.148. The van der Waals surface area contributed by atoms with Crippen molar-refractivity contribution in [1.82, 2.24) is 0 Å². The van der Waals surface area contributed by atoms with Crippen LogP contribution in [0.4, 0.5) is 0 Å². The Hall–Kier alpha value is -2.62. The third kappa shape index (κ3) is 4.32. The Bertz CT molecular complexity index is 1130. The Morgan fingerprint density at radius 2 is 1.69 bits per heavy atom. The normalized spacial score (nSPS) is 16.9. The summed E-state index contributed by atoms with van der Waals surface area (Å²) in [5.74, 6) is 1.52. The molecule has 0 N–H and O–H groups in total. The van der Waals surface area contributed by atoms with Crippen molar-refractivity contribution in [2.45, 2.75) is 12.8 Å².